The quantitative estimate of drug-likeness (QED) is 0.939. The minimum Gasteiger partial charge on any atom is -0.308 e. The van der Waals surface area contributed by atoms with E-state index >= 15 is 0 Å². The number of rotatable bonds is 4. The summed E-state index contributed by atoms with van der Waals surface area (Å²) in [6.07, 6.45) is 1.81. The Hall–Kier alpha value is -0.780. The first-order chi connectivity index (χ1) is 8.15. The van der Waals surface area contributed by atoms with E-state index in [-0.39, 0.29) is 0 Å². The summed E-state index contributed by atoms with van der Waals surface area (Å²) in [7, 11) is 0. The molecule has 0 aliphatic heterocycles. The van der Waals surface area contributed by atoms with E-state index in [1.54, 1.807) is 11.3 Å². The van der Waals surface area contributed by atoms with Crippen molar-refractivity contribution in [1.29, 1.82) is 0 Å². The zero-order valence-corrected chi connectivity index (χ0v) is 12.2. The van der Waals surface area contributed by atoms with Crippen molar-refractivity contribution in [1.82, 2.24) is 15.3 Å². The smallest absolute Gasteiger partial charge is 0.142 e. The van der Waals surface area contributed by atoms with E-state index in [1.807, 2.05) is 18.3 Å². The van der Waals surface area contributed by atoms with Gasteiger partial charge in [-0.25, -0.2) is 9.97 Å². The van der Waals surface area contributed by atoms with Crippen LogP contribution in [0.5, 0.6) is 0 Å². The van der Waals surface area contributed by atoms with Crippen molar-refractivity contribution in [3.05, 3.63) is 34.0 Å². The summed E-state index contributed by atoms with van der Waals surface area (Å²) >= 11 is 5.14. The first-order valence-corrected chi connectivity index (χ1v) is 7.07. The molecule has 0 aliphatic carbocycles. The molecule has 3 nitrogen and oxygen atoms in total. The molecular formula is C12H14BrN3S. The molecule has 0 radical (unpaired) electrons. The topological polar surface area (TPSA) is 37.8 Å². The molecule has 0 saturated heterocycles. The maximum atomic E-state index is 4.54. The van der Waals surface area contributed by atoms with Gasteiger partial charge in [0.2, 0.25) is 0 Å². The highest BCUT2D eigenvalue weighted by atomic mass is 79.9. The van der Waals surface area contributed by atoms with Gasteiger partial charge < -0.3 is 5.32 Å². The van der Waals surface area contributed by atoms with Crippen molar-refractivity contribution in [3.8, 4) is 10.6 Å². The number of hydrogen-bond donors (Lipinski definition) is 1. The second-order valence-corrected chi connectivity index (χ2v) is 6.46. The third-order valence-electron chi connectivity index (χ3n) is 2.20. The monoisotopic (exact) mass is 311 g/mol. The molecule has 0 unspecified atom stereocenters. The maximum Gasteiger partial charge on any atom is 0.142 e. The molecule has 2 rings (SSSR count). The van der Waals surface area contributed by atoms with E-state index in [1.165, 1.54) is 0 Å². The minimum atomic E-state index is 0.443. The van der Waals surface area contributed by atoms with E-state index < -0.39 is 0 Å². The van der Waals surface area contributed by atoms with Gasteiger partial charge in [0.1, 0.15) is 5.82 Å². The summed E-state index contributed by atoms with van der Waals surface area (Å²) in [5, 5.41) is 3.31. The van der Waals surface area contributed by atoms with Crippen LogP contribution in [0, 0.1) is 0 Å². The summed E-state index contributed by atoms with van der Waals surface area (Å²) < 4.78 is 1.12. The lowest BCUT2D eigenvalue weighted by Gasteiger charge is -2.07. The first kappa shape index (κ1) is 12.7. The van der Waals surface area contributed by atoms with Crippen LogP contribution in [-0.4, -0.2) is 16.0 Å². The molecule has 5 heteroatoms. The lowest BCUT2D eigenvalue weighted by molar-refractivity contribution is 0.572. The Morgan fingerprint density at radius 1 is 1.35 bits per heavy atom. The fourth-order valence-corrected chi connectivity index (χ4v) is 2.72. The Labute approximate surface area is 113 Å². The van der Waals surface area contributed by atoms with Gasteiger partial charge in [0.05, 0.1) is 20.9 Å². The molecule has 0 amide bonds. The highest BCUT2D eigenvalue weighted by molar-refractivity contribution is 9.11. The van der Waals surface area contributed by atoms with Crippen molar-refractivity contribution < 1.29 is 0 Å². The third-order valence-corrected chi connectivity index (χ3v) is 3.85. The van der Waals surface area contributed by atoms with Gasteiger partial charge in [0.25, 0.3) is 0 Å². The summed E-state index contributed by atoms with van der Waals surface area (Å²) in [5.74, 6) is 0.834. The van der Waals surface area contributed by atoms with Crippen molar-refractivity contribution in [2.45, 2.75) is 26.4 Å². The molecule has 0 fully saturated rings. The SMILES string of the molecule is CC(C)NCc1nccc(-c2ccc(Br)s2)n1. The molecule has 90 valence electrons. The van der Waals surface area contributed by atoms with Gasteiger partial charge in [-0.2, -0.15) is 0 Å². The Morgan fingerprint density at radius 3 is 2.82 bits per heavy atom. The Bertz CT molecular complexity index is 496. The van der Waals surface area contributed by atoms with Gasteiger partial charge in [0, 0.05) is 12.2 Å². The fourth-order valence-electron chi connectivity index (χ4n) is 1.37. The second-order valence-electron chi connectivity index (χ2n) is 4.00. The summed E-state index contributed by atoms with van der Waals surface area (Å²) in [5.41, 5.74) is 0.983. The van der Waals surface area contributed by atoms with Gasteiger partial charge in [-0.15, -0.1) is 11.3 Å². The van der Waals surface area contributed by atoms with Crippen LogP contribution in [0.3, 0.4) is 0 Å². The molecule has 0 atom stereocenters. The molecular weight excluding hydrogens is 298 g/mol. The Balaban J connectivity index is 2.16. The normalized spacial score (nSPS) is 11.1. The van der Waals surface area contributed by atoms with Gasteiger partial charge in [0.15, 0.2) is 0 Å². The van der Waals surface area contributed by atoms with Crippen LogP contribution in [0.4, 0.5) is 0 Å². The highest BCUT2D eigenvalue weighted by Gasteiger charge is 2.05. The van der Waals surface area contributed by atoms with Crippen LogP contribution < -0.4 is 5.32 Å². The zero-order valence-electron chi connectivity index (χ0n) is 9.77. The highest BCUT2D eigenvalue weighted by Crippen LogP contribution is 2.29. The molecule has 2 heterocycles. The number of nitrogens with one attached hydrogen (secondary N) is 1. The zero-order chi connectivity index (χ0) is 12.3. The summed E-state index contributed by atoms with van der Waals surface area (Å²) in [6, 6.07) is 6.49. The van der Waals surface area contributed by atoms with Gasteiger partial charge >= 0.3 is 0 Å². The Kier molecular flexibility index (Phi) is 4.25. The lowest BCUT2D eigenvalue weighted by atomic mass is 10.3. The van der Waals surface area contributed by atoms with Crippen LogP contribution in [-0.2, 0) is 6.54 Å². The largest absolute Gasteiger partial charge is 0.308 e. The molecule has 0 aliphatic rings. The van der Waals surface area contributed by atoms with Gasteiger partial charge in [-0.05, 0) is 34.1 Å². The third kappa shape index (κ3) is 3.59. The number of hydrogen-bond acceptors (Lipinski definition) is 4. The van der Waals surface area contributed by atoms with Crippen LogP contribution in [0.2, 0.25) is 0 Å². The van der Waals surface area contributed by atoms with Crippen LogP contribution in [0.15, 0.2) is 28.2 Å². The lowest BCUT2D eigenvalue weighted by Crippen LogP contribution is -2.23. The van der Waals surface area contributed by atoms with Crippen molar-refractivity contribution in [2.24, 2.45) is 0 Å². The van der Waals surface area contributed by atoms with E-state index in [0.717, 1.165) is 20.2 Å². The van der Waals surface area contributed by atoms with E-state index in [0.29, 0.717) is 12.6 Å². The number of nitrogens with zero attached hydrogens (tertiary/aromatic N) is 2. The minimum absolute atomic E-state index is 0.443. The molecule has 0 spiro atoms. The molecule has 0 bridgehead atoms. The summed E-state index contributed by atoms with van der Waals surface area (Å²) in [4.78, 5) is 9.96. The maximum absolute atomic E-state index is 4.54. The predicted octanol–water partition coefficient (Wildman–Crippen LogP) is 3.47. The van der Waals surface area contributed by atoms with Crippen LogP contribution >= 0.6 is 27.3 Å². The van der Waals surface area contributed by atoms with Crippen molar-refractivity contribution >= 4 is 27.3 Å². The Morgan fingerprint density at radius 2 is 2.18 bits per heavy atom. The molecule has 17 heavy (non-hydrogen) atoms. The van der Waals surface area contributed by atoms with E-state index in [2.05, 4.69) is 51.1 Å². The molecule has 2 aromatic heterocycles. The number of aromatic nitrogens is 2. The molecule has 0 aromatic carbocycles. The van der Waals surface area contributed by atoms with Crippen LogP contribution in [0.25, 0.3) is 10.6 Å². The first-order valence-electron chi connectivity index (χ1n) is 5.46. The van der Waals surface area contributed by atoms with Gasteiger partial charge in [-0.3, -0.25) is 0 Å². The predicted molar refractivity (Wildman–Crippen MR) is 75.0 cm³/mol. The van der Waals surface area contributed by atoms with Crippen molar-refractivity contribution in [2.75, 3.05) is 0 Å². The molecule has 2 aromatic rings. The average Bonchev–Trinajstić information content (AvgIpc) is 2.74. The van der Waals surface area contributed by atoms with E-state index in [4.69, 9.17) is 0 Å². The fraction of sp³-hybridized carbons (Fsp3) is 0.333. The molecule has 0 saturated carbocycles. The van der Waals surface area contributed by atoms with E-state index in [9.17, 15) is 0 Å². The van der Waals surface area contributed by atoms with Crippen molar-refractivity contribution in [3.63, 3.8) is 0 Å². The van der Waals surface area contributed by atoms with Crippen LogP contribution in [0.1, 0.15) is 19.7 Å². The second kappa shape index (κ2) is 5.71. The number of halogens is 1. The standard InChI is InChI=1S/C12H14BrN3S/c1-8(2)15-7-12-14-6-5-9(16-12)10-3-4-11(13)17-10/h3-6,8,15H,7H2,1-2H3. The summed E-state index contributed by atoms with van der Waals surface area (Å²) in [6.45, 7) is 4.93. The average molecular weight is 312 g/mol. The van der Waals surface area contributed by atoms with Gasteiger partial charge in [-0.1, -0.05) is 13.8 Å². The molecule has 1 N–H and O–H groups in total. The number of thiophene rings is 1.